The lowest BCUT2D eigenvalue weighted by molar-refractivity contribution is -0.129. The maximum atomic E-state index is 12.7. The van der Waals surface area contributed by atoms with Crippen LogP contribution in [0.1, 0.15) is 16.7 Å². The van der Waals surface area contributed by atoms with Crippen LogP contribution in [0.4, 0.5) is 0 Å². The highest BCUT2D eigenvalue weighted by atomic mass is 32.2. The standard InChI is InChI=1S/C19H22N6OS/c1-24(2)8-13-3-4-15-9-25(6-5-14(15)7-13)16(26)10-27-19-17-18(21-11-20-17)22-12-23-19/h3-4,7,11-12H,5-6,8-10H2,1-2H3,(H,20,21,22,23). The second-order valence-corrected chi connectivity index (χ2v) is 7.94. The first-order valence-corrected chi connectivity index (χ1v) is 9.89. The third-order valence-corrected chi connectivity index (χ3v) is 5.63. The lowest BCUT2D eigenvalue weighted by Gasteiger charge is -2.29. The highest BCUT2D eigenvalue weighted by Crippen LogP contribution is 2.25. The number of carbonyl (C=O) groups excluding carboxylic acids is 1. The van der Waals surface area contributed by atoms with Gasteiger partial charge in [0.05, 0.1) is 12.1 Å². The molecular weight excluding hydrogens is 360 g/mol. The van der Waals surface area contributed by atoms with Gasteiger partial charge in [0.1, 0.15) is 16.9 Å². The summed E-state index contributed by atoms with van der Waals surface area (Å²) in [6, 6.07) is 6.61. The number of benzene rings is 1. The van der Waals surface area contributed by atoms with Crippen molar-refractivity contribution in [2.24, 2.45) is 0 Å². The average Bonchev–Trinajstić information content (AvgIpc) is 3.14. The van der Waals surface area contributed by atoms with E-state index in [1.165, 1.54) is 34.8 Å². The molecule has 1 N–H and O–H groups in total. The Morgan fingerprint density at radius 1 is 1.26 bits per heavy atom. The summed E-state index contributed by atoms with van der Waals surface area (Å²) < 4.78 is 0. The second-order valence-electron chi connectivity index (χ2n) is 6.97. The zero-order chi connectivity index (χ0) is 18.8. The van der Waals surface area contributed by atoms with Gasteiger partial charge in [0.15, 0.2) is 5.65 Å². The Balaban J connectivity index is 1.40. The Hall–Kier alpha value is -2.45. The van der Waals surface area contributed by atoms with Crippen LogP contribution in [0.2, 0.25) is 0 Å². The molecule has 0 spiro atoms. The van der Waals surface area contributed by atoms with Crippen molar-refractivity contribution in [2.75, 3.05) is 26.4 Å². The molecule has 1 aliphatic rings. The topological polar surface area (TPSA) is 78.0 Å². The van der Waals surface area contributed by atoms with E-state index in [1.54, 1.807) is 6.33 Å². The van der Waals surface area contributed by atoms with Gasteiger partial charge in [-0.1, -0.05) is 30.0 Å². The highest BCUT2D eigenvalue weighted by Gasteiger charge is 2.21. The number of hydrogen-bond acceptors (Lipinski definition) is 6. The van der Waals surface area contributed by atoms with Crippen molar-refractivity contribution in [1.82, 2.24) is 29.7 Å². The number of rotatable bonds is 5. The van der Waals surface area contributed by atoms with Crippen molar-refractivity contribution in [3.63, 3.8) is 0 Å². The third-order valence-electron chi connectivity index (χ3n) is 4.66. The summed E-state index contributed by atoms with van der Waals surface area (Å²) in [5.41, 5.74) is 5.34. The maximum absolute atomic E-state index is 12.7. The van der Waals surface area contributed by atoms with Crippen molar-refractivity contribution < 1.29 is 4.79 Å². The Morgan fingerprint density at radius 2 is 2.15 bits per heavy atom. The van der Waals surface area contributed by atoms with Crippen molar-refractivity contribution in [1.29, 1.82) is 0 Å². The number of H-pyrrole nitrogens is 1. The van der Waals surface area contributed by atoms with E-state index in [0.717, 1.165) is 30.1 Å². The SMILES string of the molecule is CN(C)Cc1ccc2c(c1)CCN(C(=O)CSc1ncnc3nc[nH]c13)C2. The summed E-state index contributed by atoms with van der Waals surface area (Å²) in [6.45, 7) is 2.38. The summed E-state index contributed by atoms with van der Waals surface area (Å²) in [4.78, 5) is 32.3. The van der Waals surface area contributed by atoms with Crippen molar-refractivity contribution >= 4 is 28.8 Å². The zero-order valence-electron chi connectivity index (χ0n) is 15.5. The first-order chi connectivity index (χ1) is 13.1. The average molecular weight is 382 g/mol. The Kier molecular flexibility index (Phi) is 5.09. The fraction of sp³-hybridized carbons (Fsp3) is 0.368. The largest absolute Gasteiger partial charge is 0.341 e. The second kappa shape index (κ2) is 7.66. The number of aromatic nitrogens is 4. The van der Waals surface area contributed by atoms with Gasteiger partial charge in [-0.15, -0.1) is 0 Å². The minimum atomic E-state index is 0.134. The molecule has 140 valence electrons. The molecule has 0 radical (unpaired) electrons. The van der Waals surface area contributed by atoms with Gasteiger partial charge >= 0.3 is 0 Å². The first kappa shape index (κ1) is 17.9. The molecule has 27 heavy (non-hydrogen) atoms. The van der Waals surface area contributed by atoms with Crippen molar-refractivity contribution in [3.8, 4) is 0 Å². The number of thioether (sulfide) groups is 1. The van der Waals surface area contributed by atoms with Crippen molar-refractivity contribution in [3.05, 3.63) is 47.5 Å². The molecule has 0 atom stereocenters. The van der Waals surface area contributed by atoms with Crippen LogP contribution in [0.25, 0.3) is 11.2 Å². The molecular formula is C19H22N6OS. The van der Waals surface area contributed by atoms with Gasteiger partial charge in [-0.25, -0.2) is 15.0 Å². The molecule has 7 nitrogen and oxygen atoms in total. The van der Waals surface area contributed by atoms with Gasteiger partial charge in [-0.05, 0) is 37.2 Å². The molecule has 0 bridgehead atoms. The molecule has 1 amide bonds. The maximum Gasteiger partial charge on any atom is 0.233 e. The normalized spacial score (nSPS) is 14.0. The monoisotopic (exact) mass is 382 g/mol. The van der Waals surface area contributed by atoms with Crippen LogP contribution < -0.4 is 0 Å². The summed E-state index contributed by atoms with van der Waals surface area (Å²) in [6.07, 6.45) is 3.99. The molecule has 1 aromatic carbocycles. The van der Waals surface area contributed by atoms with Gasteiger partial charge < -0.3 is 14.8 Å². The van der Waals surface area contributed by atoms with Crippen LogP contribution >= 0.6 is 11.8 Å². The zero-order valence-corrected chi connectivity index (χ0v) is 16.3. The molecule has 0 fully saturated rings. The number of nitrogens with zero attached hydrogens (tertiary/aromatic N) is 5. The van der Waals surface area contributed by atoms with E-state index in [9.17, 15) is 4.79 Å². The van der Waals surface area contributed by atoms with Crippen molar-refractivity contribution in [2.45, 2.75) is 24.5 Å². The van der Waals surface area contributed by atoms with Crippen LogP contribution in [-0.4, -0.2) is 62.0 Å². The molecule has 0 saturated carbocycles. The van der Waals surface area contributed by atoms with Crippen LogP contribution in [-0.2, 0) is 24.3 Å². The number of aromatic amines is 1. The summed E-state index contributed by atoms with van der Waals surface area (Å²) >= 11 is 1.43. The van der Waals surface area contributed by atoms with Crippen LogP contribution in [0, 0.1) is 0 Å². The molecule has 8 heteroatoms. The van der Waals surface area contributed by atoms with Crippen LogP contribution in [0.15, 0.2) is 35.9 Å². The van der Waals surface area contributed by atoms with Crippen LogP contribution in [0.5, 0.6) is 0 Å². The minimum absolute atomic E-state index is 0.134. The van der Waals surface area contributed by atoms with E-state index in [0.29, 0.717) is 17.9 Å². The molecule has 3 aromatic rings. The Labute approximate surface area is 162 Å². The fourth-order valence-corrected chi connectivity index (χ4v) is 4.22. The number of imidazole rings is 1. The lowest BCUT2D eigenvalue weighted by Crippen LogP contribution is -2.37. The number of fused-ring (bicyclic) bond motifs is 2. The van der Waals surface area contributed by atoms with E-state index in [1.807, 2.05) is 4.90 Å². The van der Waals surface area contributed by atoms with E-state index in [4.69, 9.17) is 0 Å². The van der Waals surface area contributed by atoms with Gasteiger partial charge in [-0.3, -0.25) is 4.79 Å². The molecule has 1 aliphatic heterocycles. The van der Waals surface area contributed by atoms with E-state index in [2.05, 4.69) is 57.1 Å². The van der Waals surface area contributed by atoms with Gasteiger partial charge in [0, 0.05) is 19.6 Å². The summed E-state index contributed by atoms with van der Waals surface area (Å²) in [5.74, 6) is 0.494. The molecule has 0 unspecified atom stereocenters. The number of hydrogen-bond donors (Lipinski definition) is 1. The lowest BCUT2D eigenvalue weighted by atomic mass is 9.97. The predicted molar refractivity (Wildman–Crippen MR) is 105 cm³/mol. The number of carbonyl (C=O) groups is 1. The van der Waals surface area contributed by atoms with E-state index >= 15 is 0 Å². The Bertz CT molecular complexity index is 970. The first-order valence-electron chi connectivity index (χ1n) is 8.90. The smallest absolute Gasteiger partial charge is 0.233 e. The van der Waals surface area contributed by atoms with Crippen LogP contribution in [0.3, 0.4) is 0 Å². The molecule has 3 heterocycles. The van der Waals surface area contributed by atoms with Gasteiger partial charge in [0.2, 0.25) is 5.91 Å². The summed E-state index contributed by atoms with van der Waals surface area (Å²) in [7, 11) is 4.15. The number of nitrogens with one attached hydrogen (secondary N) is 1. The summed E-state index contributed by atoms with van der Waals surface area (Å²) in [5, 5.41) is 0.761. The predicted octanol–water partition coefficient (Wildman–Crippen LogP) is 2.09. The molecule has 0 saturated heterocycles. The quantitative estimate of drug-likeness (QED) is 0.538. The minimum Gasteiger partial charge on any atom is -0.341 e. The van der Waals surface area contributed by atoms with Gasteiger partial charge in [0.25, 0.3) is 0 Å². The highest BCUT2D eigenvalue weighted by molar-refractivity contribution is 8.00. The fourth-order valence-electron chi connectivity index (χ4n) is 3.36. The molecule has 2 aromatic heterocycles. The van der Waals surface area contributed by atoms with E-state index in [-0.39, 0.29) is 5.91 Å². The molecule has 4 rings (SSSR count). The van der Waals surface area contributed by atoms with Gasteiger partial charge in [-0.2, -0.15) is 0 Å². The molecule has 0 aliphatic carbocycles. The number of amides is 1. The van der Waals surface area contributed by atoms with E-state index < -0.39 is 0 Å². The Morgan fingerprint density at radius 3 is 3.00 bits per heavy atom. The third kappa shape index (κ3) is 3.96.